The second-order valence-corrected chi connectivity index (χ2v) is 4.51. The number of hydrogen-bond donors (Lipinski definition) is 1. The molecule has 0 bridgehead atoms. The van der Waals surface area contributed by atoms with E-state index >= 15 is 0 Å². The second kappa shape index (κ2) is 7.18. The summed E-state index contributed by atoms with van der Waals surface area (Å²) in [6, 6.07) is 3.95. The zero-order valence-electron chi connectivity index (χ0n) is 11.5. The van der Waals surface area contributed by atoms with Crippen LogP contribution in [0.25, 0.3) is 0 Å². The third-order valence-electron chi connectivity index (χ3n) is 2.87. The van der Waals surface area contributed by atoms with Crippen molar-refractivity contribution in [2.75, 3.05) is 27.2 Å². The lowest BCUT2D eigenvalue weighted by atomic mass is 10.3. The molecule has 0 unspecified atom stereocenters. The quantitative estimate of drug-likeness (QED) is 0.590. The van der Waals surface area contributed by atoms with Crippen molar-refractivity contribution in [3.8, 4) is 0 Å². The molecular formula is C13H22N2O3. The summed E-state index contributed by atoms with van der Waals surface area (Å²) in [7, 11) is 3.43. The molecule has 0 fully saturated rings. The summed E-state index contributed by atoms with van der Waals surface area (Å²) in [5.74, 6) is 0.539. The SMILES string of the molecule is COC(=O)c1ccc(CNCCN(C)C(C)C)o1. The summed E-state index contributed by atoms with van der Waals surface area (Å²) in [5, 5.41) is 3.27. The lowest BCUT2D eigenvalue weighted by molar-refractivity contribution is 0.0563. The molecule has 0 aliphatic heterocycles. The van der Waals surface area contributed by atoms with Gasteiger partial charge in [0.25, 0.3) is 0 Å². The number of furan rings is 1. The average molecular weight is 254 g/mol. The summed E-state index contributed by atoms with van der Waals surface area (Å²) < 4.78 is 9.91. The zero-order valence-corrected chi connectivity index (χ0v) is 11.5. The standard InChI is InChI=1S/C13H22N2O3/c1-10(2)15(3)8-7-14-9-11-5-6-12(18-11)13(16)17-4/h5-6,10,14H,7-9H2,1-4H3. The number of carbonyl (C=O) groups excluding carboxylic acids is 1. The first kappa shape index (κ1) is 14.7. The van der Waals surface area contributed by atoms with E-state index in [2.05, 4.69) is 35.8 Å². The maximum atomic E-state index is 11.2. The average Bonchev–Trinajstić information content (AvgIpc) is 2.81. The van der Waals surface area contributed by atoms with Crippen LogP contribution in [0.2, 0.25) is 0 Å². The van der Waals surface area contributed by atoms with E-state index in [1.807, 2.05) is 0 Å². The summed E-state index contributed by atoms with van der Waals surface area (Å²) in [6.07, 6.45) is 0. The first-order chi connectivity index (χ1) is 8.54. The zero-order chi connectivity index (χ0) is 13.5. The van der Waals surface area contributed by atoms with Gasteiger partial charge in [0.1, 0.15) is 5.76 Å². The maximum Gasteiger partial charge on any atom is 0.373 e. The van der Waals surface area contributed by atoms with E-state index in [9.17, 15) is 4.79 Å². The first-order valence-corrected chi connectivity index (χ1v) is 6.12. The van der Waals surface area contributed by atoms with Gasteiger partial charge in [0.05, 0.1) is 13.7 Å². The van der Waals surface area contributed by atoms with Crippen LogP contribution >= 0.6 is 0 Å². The fourth-order valence-electron chi connectivity index (χ4n) is 1.41. The Labute approximate surface area is 108 Å². The van der Waals surface area contributed by atoms with Gasteiger partial charge in [-0.15, -0.1) is 0 Å². The second-order valence-electron chi connectivity index (χ2n) is 4.51. The van der Waals surface area contributed by atoms with Crippen molar-refractivity contribution in [1.29, 1.82) is 0 Å². The molecule has 1 aromatic heterocycles. The van der Waals surface area contributed by atoms with Gasteiger partial charge in [-0.2, -0.15) is 0 Å². The molecule has 102 valence electrons. The van der Waals surface area contributed by atoms with Gasteiger partial charge in [-0.1, -0.05) is 0 Å². The highest BCUT2D eigenvalue weighted by Crippen LogP contribution is 2.08. The van der Waals surface area contributed by atoms with Crippen molar-refractivity contribution < 1.29 is 13.9 Å². The number of nitrogens with one attached hydrogen (secondary N) is 1. The first-order valence-electron chi connectivity index (χ1n) is 6.12. The van der Waals surface area contributed by atoms with Crippen LogP contribution in [0, 0.1) is 0 Å². The summed E-state index contributed by atoms with van der Waals surface area (Å²) >= 11 is 0. The Bertz CT molecular complexity index is 374. The van der Waals surface area contributed by atoms with E-state index in [-0.39, 0.29) is 5.76 Å². The van der Waals surface area contributed by atoms with Crippen molar-refractivity contribution >= 4 is 5.97 Å². The van der Waals surface area contributed by atoms with E-state index in [1.165, 1.54) is 7.11 Å². The molecule has 1 rings (SSSR count). The molecule has 5 nitrogen and oxygen atoms in total. The van der Waals surface area contributed by atoms with Gasteiger partial charge in [0, 0.05) is 19.1 Å². The topological polar surface area (TPSA) is 54.7 Å². The molecule has 0 atom stereocenters. The van der Waals surface area contributed by atoms with Crippen LogP contribution in [0.4, 0.5) is 0 Å². The predicted molar refractivity (Wildman–Crippen MR) is 69.5 cm³/mol. The molecule has 18 heavy (non-hydrogen) atoms. The number of carbonyl (C=O) groups is 1. The van der Waals surface area contributed by atoms with Gasteiger partial charge < -0.3 is 19.4 Å². The number of nitrogens with zero attached hydrogens (tertiary/aromatic N) is 1. The number of ether oxygens (including phenoxy) is 1. The minimum Gasteiger partial charge on any atom is -0.463 e. The lowest BCUT2D eigenvalue weighted by Gasteiger charge is -2.20. The van der Waals surface area contributed by atoms with Crippen LogP contribution in [0.15, 0.2) is 16.5 Å². The van der Waals surface area contributed by atoms with Gasteiger partial charge >= 0.3 is 5.97 Å². The van der Waals surface area contributed by atoms with E-state index in [4.69, 9.17) is 4.42 Å². The molecule has 0 aliphatic rings. The van der Waals surface area contributed by atoms with Crippen molar-refractivity contribution in [3.63, 3.8) is 0 Å². The molecule has 1 heterocycles. The fraction of sp³-hybridized carbons (Fsp3) is 0.615. The highest BCUT2D eigenvalue weighted by atomic mass is 16.5. The molecule has 0 spiro atoms. The van der Waals surface area contributed by atoms with E-state index in [0.29, 0.717) is 12.6 Å². The maximum absolute atomic E-state index is 11.2. The summed E-state index contributed by atoms with van der Waals surface area (Å²) in [6.45, 7) is 6.79. The van der Waals surface area contributed by atoms with Gasteiger partial charge in [0.15, 0.2) is 0 Å². The molecule has 0 amide bonds. The van der Waals surface area contributed by atoms with Crippen molar-refractivity contribution in [2.45, 2.75) is 26.4 Å². The molecule has 0 saturated heterocycles. The monoisotopic (exact) mass is 254 g/mol. The van der Waals surface area contributed by atoms with E-state index in [0.717, 1.165) is 18.8 Å². The Morgan fingerprint density at radius 1 is 1.50 bits per heavy atom. The molecular weight excluding hydrogens is 232 g/mol. The van der Waals surface area contributed by atoms with Gasteiger partial charge in [-0.25, -0.2) is 4.79 Å². The predicted octanol–water partition coefficient (Wildman–Crippen LogP) is 1.50. The Balaban J connectivity index is 2.27. The Morgan fingerprint density at radius 3 is 2.83 bits per heavy atom. The van der Waals surface area contributed by atoms with Crippen LogP contribution in [-0.2, 0) is 11.3 Å². The van der Waals surface area contributed by atoms with Crippen molar-refractivity contribution in [3.05, 3.63) is 23.7 Å². The van der Waals surface area contributed by atoms with Crippen LogP contribution < -0.4 is 5.32 Å². The van der Waals surface area contributed by atoms with Gasteiger partial charge in [0.2, 0.25) is 5.76 Å². The lowest BCUT2D eigenvalue weighted by Crippen LogP contribution is -2.33. The third kappa shape index (κ3) is 4.50. The highest BCUT2D eigenvalue weighted by Gasteiger charge is 2.10. The smallest absolute Gasteiger partial charge is 0.373 e. The third-order valence-corrected chi connectivity index (χ3v) is 2.87. The van der Waals surface area contributed by atoms with Crippen LogP contribution in [0.1, 0.15) is 30.2 Å². The molecule has 0 radical (unpaired) electrons. The number of methoxy groups -OCH3 is 1. The molecule has 0 saturated carbocycles. The minimum atomic E-state index is -0.444. The molecule has 0 aromatic carbocycles. The Hall–Kier alpha value is -1.33. The van der Waals surface area contributed by atoms with Crippen LogP contribution in [0.3, 0.4) is 0 Å². The van der Waals surface area contributed by atoms with Crippen molar-refractivity contribution in [1.82, 2.24) is 10.2 Å². The van der Waals surface area contributed by atoms with Crippen LogP contribution in [0.5, 0.6) is 0 Å². The molecule has 1 N–H and O–H groups in total. The highest BCUT2D eigenvalue weighted by molar-refractivity contribution is 5.86. The number of hydrogen-bond acceptors (Lipinski definition) is 5. The fourth-order valence-corrected chi connectivity index (χ4v) is 1.41. The summed E-state index contributed by atoms with van der Waals surface area (Å²) in [5.41, 5.74) is 0. The van der Waals surface area contributed by atoms with Gasteiger partial charge in [-0.3, -0.25) is 0 Å². The Morgan fingerprint density at radius 2 is 2.22 bits per heavy atom. The minimum absolute atomic E-state index is 0.244. The number of rotatable bonds is 7. The molecule has 5 heteroatoms. The number of esters is 1. The van der Waals surface area contributed by atoms with E-state index < -0.39 is 5.97 Å². The largest absolute Gasteiger partial charge is 0.463 e. The molecule has 0 aliphatic carbocycles. The normalized spacial score (nSPS) is 11.2. The van der Waals surface area contributed by atoms with Crippen molar-refractivity contribution in [2.24, 2.45) is 0 Å². The summed E-state index contributed by atoms with van der Waals surface area (Å²) in [4.78, 5) is 13.4. The van der Waals surface area contributed by atoms with E-state index in [1.54, 1.807) is 12.1 Å². The van der Waals surface area contributed by atoms with Gasteiger partial charge in [-0.05, 0) is 33.0 Å². The van der Waals surface area contributed by atoms with Crippen LogP contribution in [-0.4, -0.2) is 44.2 Å². The Kier molecular flexibility index (Phi) is 5.88. The molecule has 1 aromatic rings. The number of likely N-dealkylation sites (N-methyl/N-ethyl adjacent to an activating group) is 1.